The van der Waals surface area contributed by atoms with E-state index in [0.29, 0.717) is 24.5 Å². The second-order valence-corrected chi connectivity index (χ2v) is 16.8. The molecular weight excluding hydrogens is 642 g/mol. The van der Waals surface area contributed by atoms with Gasteiger partial charge in [0.05, 0.1) is 35.8 Å². The molecule has 3 saturated heterocycles. The fourth-order valence-electron chi connectivity index (χ4n) is 7.83. The molecule has 3 amide bonds. The van der Waals surface area contributed by atoms with E-state index < -0.39 is 34.2 Å². The highest BCUT2D eigenvalue weighted by molar-refractivity contribution is 9.09. The average molecular weight is 687 g/mol. The molecule has 0 aliphatic carbocycles. The van der Waals surface area contributed by atoms with Gasteiger partial charge >= 0.3 is 0 Å². The van der Waals surface area contributed by atoms with Crippen molar-refractivity contribution in [2.24, 2.45) is 17.3 Å². The number of aliphatic hydroxyl groups is 1. The number of fused-ring (bicyclic) bond motifs is 1. The number of hydrogen-bond acceptors (Lipinski definition) is 6. The summed E-state index contributed by atoms with van der Waals surface area (Å²) in [6.07, 6.45) is 1.29. The van der Waals surface area contributed by atoms with Crippen LogP contribution in [0.2, 0.25) is 0 Å². The quantitative estimate of drug-likeness (QED) is 0.283. The molecule has 0 radical (unpaired) electrons. The SMILES string of the molecule is CCOc1ccc(NC(=O)[C@H]2[C@H]3C(=O)N([C@H](CO)c4ccccc4)C(C(=O)NC(C)(C)CC(C)(C)C)C34CC(Br)[C@@H]2S4)cc1. The standard InChI is InChI=1S/C34H44BrN3O5S/c1-7-43-22-15-13-21(14-16-22)36-29(40)25-26-31(42)38(24(18-39)20-11-9-8-10-12-20)28(34(26)17-23(35)27(25)44-34)30(41)37-33(5,6)19-32(2,3)4/h8-16,23-28,39H,7,17-19H2,1-6H3,(H,36,40)(H,37,41)/t23?,24-,25+,26+,27+,28?,34?/m1/s1. The van der Waals surface area contributed by atoms with Gasteiger partial charge in [0, 0.05) is 21.3 Å². The zero-order valence-electron chi connectivity index (χ0n) is 26.3. The lowest BCUT2D eigenvalue weighted by Crippen LogP contribution is -2.59. The molecule has 10 heteroatoms. The first kappa shape index (κ1) is 32.8. The Balaban J connectivity index is 1.53. The molecule has 3 N–H and O–H groups in total. The zero-order chi connectivity index (χ0) is 32.0. The average Bonchev–Trinajstić information content (AvgIpc) is 3.53. The molecular formula is C34H44BrN3O5S. The summed E-state index contributed by atoms with van der Waals surface area (Å²) in [5.41, 5.74) is 0.785. The Bertz CT molecular complexity index is 1380. The fraction of sp³-hybridized carbons (Fsp3) is 0.559. The van der Waals surface area contributed by atoms with Crippen molar-refractivity contribution in [1.82, 2.24) is 10.2 Å². The van der Waals surface area contributed by atoms with Crippen LogP contribution < -0.4 is 15.4 Å². The van der Waals surface area contributed by atoms with Gasteiger partial charge in [-0.3, -0.25) is 14.4 Å². The number of aliphatic hydroxyl groups excluding tert-OH is 1. The van der Waals surface area contributed by atoms with E-state index in [1.165, 1.54) is 0 Å². The van der Waals surface area contributed by atoms with Gasteiger partial charge in [0.1, 0.15) is 11.8 Å². The third kappa shape index (κ3) is 6.14. The smallest absolute Gasteiger partial charge is 0.244 e. The van der Waals surface area contributed by atoms with E-state index in [0.717, 1.165) is 12.0 Å². The number of nitrogens with zero attached hydrogens (tertiary/aromatic N) is 1. The van der Waals surface area contributed by atoms with Crippen LogP contribution in [0.25, 0.3) is 0 Å². The summed E-state index contributed by atoms with van der Waals surface area (Å²) in [7, 11) is 0. The molecule has 238 valence electrons. The lowest BCUT2D eigenvalue weighted by Gasteiger charge is -2.40. The Labute approximate surface area is 273 Å². The molecule has 5 rings (SSSR count). The van der Waals surface area contributed by atoms with E-state index in [1.54, 1.807) is 40.9 Å². The number of hydrogen-bond donors (Lipinski definition) is 3. The minimum atomic E-state index is -0.866. The molecule has 8 nitrogen and oxygen atoms in total. The number of benzene rings is 2. The minimum absolute atomic E-state index is 0.0357. The van der Waals surface area contributed by atoms with E-state index in [4.69, 9.17) is 4.74 Å². The molecule has 3 aliphatic heterocycles. The number of thioether (sulfide) groups is 1. The largest absolute Gasteiger partial charge is 0.494 e. The highest BCUT2D eigenvalue weighted by atomic mass is 79.9. The molecule has 0 saturated carbocycles. The van der Waals surface area contributed by atoms with Gasteiger partial charge in [-0.05, 0) is 68.9 Å². The van der Waals surface area contributed by atoms with Crippen LogP contribution in [0.3, 0.4) is 0 Å². The van der Waals surface area contributed by atoms with Crippen LogP contribution in [0.1, 0.15) is 66.0 Å². The van der Waals surface area contributed by atoms with E-state index in [-0.39, 0.29) is 39.8 Å². The maximum Gasteiger partial charge on any atom is 0.244 e. The second kappa shape index (κ2) is 12.3. The highest BCUT2D eigenvalue weighted by Crippen LogP contribution is 2.68. The van der Waals surface area contributed by atoms with Crippen molar-refractivity contribution in [3.05, 3.63) is 60.2 Å². The van der Waals surface area contributed by atoms with E-state index >= 15 is 0 Å². The number of alkyl halides is 1. The van der Waals surface area contributed by atoms with Gasteiger partial charge in [-0.1, -0.05) is 67.0 Å². The molecule has 2 aromatic carbocycles. The molecule has 0 aromatic heterocycles. The Morgan fingerprint density at radius 2 is 1.75 bits per heavy atom. The summed E-state index contributed by atoms with van der Waals surface area (Å²) in [6, 6.07) is 14.9. The van der Waals surface area contributed by atoms with Crippen molar-refractivity contribution in [3.63, 3.8) is 0 Å². The van der Waals surface area contributed by atoms with Crippen LogP contribution in [0.4, 0.5) is 5.69 Å². The van der Waals surface area contributed by atoms with Crippen LogP contribution in [0.5, 0.6) is 5.75 Å². The first-order valence-electron chi connectivity index (χ1n) is 15.4. The van der Waals surface area contributed by atoms with Crippen molar-refractivity contribution in [3.8, 4) is 5.75 Å². The van der Waals surface area contributed by atoms with Crippen molar-refractivity contribution in [2.75, 3.05) is 18.5 Å². The number of ether oxygens (including phenoxy) is 1. The normalized spacial score (nSPS) is 28.5. The lowest BCUT2D eigenvalue weighted by molar-refractivity contribution is -0.142. The molecule has 2 bridgehead atoms. The van der Waals surface area contributed by atoms with Crippen molar-refractivity contribution < 1.29 is 24.2 Å². The number of nitrogens with one attached hydrogen (secondary N) is 2. The Hall–Kier alpha value is -2.56. The summed E-state index contributed by atoms with van der Waals surface area (Å²) >= 11 is 5.42. The van der Waals surface area contributed by atoms with Gasteiger partial charge in [-0.2, -0.15) is 0 Å². The maximum atomic E-state index is 14.7. The Morgan fingerprint density at radius 3 is 2.34 bits per heavy atom. The topological polar surface area (TPSA) is 108 Å². The first-order chi connectivity index (χ1) is 20.7. The van der Waals surface area contributed by atoms with E-state index in [2.05, 4.69) is 47.3 Å². The van der Waals surface area contributed by atoms with Crippen molar-refractivity contribution in [2.45, 2.75) is 86.8 Å². The van der Waals surface area contributed by atoms with Crippen molar-refractivity contribution >= 4 is 51.1 Å². The number of carbonyl (C=O) groups excluding carboxylic acids is 3. The molecule has 3 fully saturated rings. The summed E-state index contributed by atoms with van der Waals surface area (Å²) in [4.78, 5) is 44.7. The highest BCUT2D eigenvalue weighted by Gasteiger charge is 2.76. The van der Waals surface area contributed by atoms with Gasteiger partial charge in [-0.25, -0.2) is 0 Å². The van der Waals surface area contributed by atoms with Gasteiger partial charge in [-0.15, -0.1) is 11.8 Å². The zero-order valence-corrected chi connectivity index (χ0v) is 28.7. The molecule has 3 unspecified atom stereocenters. The van der Waals surface area contributed by atoms with Crippen molar-refractivity contribution in [1.29, 1.82) is 0 Å². The first-order valence-corrected chi connectivity index (χ1v) is 17.2. The Morgan fingerprint density at radius 1 is 1.09 bits per heavy atom. The molecule has 3 aliphatic rings. The van der Waals surface area contributed by atoms with Gasteiger partial charge in [0.2, 0.25) is 17.7 Å². The molecule has 1 spiro atoms. The summed E-state index contributed by atoms with van der Waals surface area (Å²) in [5.74, 6) is -1.41. The van der Waals surface area contributed by atoms with Gasteiger partial charge in [0.25, 0.3) is 0 Å². The molecule has 2 aromatic rings. The maximum absolute atomic E-state index is 14.7. The van der Waals surface area contributed by atoms with E-state index in [1.807, 2.05) is 51.1 Å². The second-order valence-electron chi connectivity index (χ2n) is 14.1. The molecule has 44 heavy (non-hydrogen) atoms. The number of rotatable bonds is 10. The fourth-order valence-corrected chi connectivity index (χ4v) is 11.4. The number of halogens is 1. The van der Waals surface area contributed by atoms with Gasteiger partial charge in [0.15, 0.2) is 0 Å². The number of amides is 3. The van der Waals surface area contributed by atoms with Crippen LogP contribution in [-0.4, -0.2) is 67.3 Å². The number of anilines is 1. The van der Waals surface area contributed by atoms with Crippen LogP contribution in [0.15, 0.2) is 54.6 Å². The minimum Gasteiger partial charge on any atom is -0.494 e. The Kier molecular flexibility index (Phi) is 9.19. The molecule has 3 heterocycles. The summed E-state index contributed by atoms with van der Waals surface area (Å²) in [6.45, 7) is 12.5. The monoisotopic (exact) mass is 685 g/mol. The lowest BCUT2D eigenvalue weighted by atomic mass is 9.70. The number of carbonyl (C=O) groups is 3. The molecule has 7 atom stereocenters. The predicted octanol–water partition coefficient (Wildman–Crippen LogP) is 5.55. The van der Waals surface area contributed by atoms with Crippen LogP contribution in [0, 0.1) is 17.3 Å². The van der Waals surface area contributed by atoms with Gasteiger partial charge < -0.3 is 25.4 Å². The van der Waals surface area contributed by atoms with Crippen LogP contribution >= 0.6 is 27.7 Å². The summed E-state index contributed by atoms with van der Waals surface area (Å²) in [5, 5.41) is 16.9. The third-order valence-electron chi connectivity index (χ3n) is 8.84. The predicted molar refractivity (Wildman–Crippen MR) is 178 cm³/mol. The number of likely N-dealkylation sites (tertiary alicyclic amines) is 1. The summed E-state index contributed by atoms with van der Waals surface area (Å²) < 4.78 is 4.70. The third-order valence-corrected chi connectivity index (χ3v) is 12.1. The van der Waals surface area contributed by atoms with Crippen LogP contribution in [-0.2, 0) is 14.4 Å². The van der Waals surface area contributed by atoms with E-state index in [9.17, 15) is 19.5 Å².